The molecule has 0 radical (unpaired) electrons. The number of likely N-dealkylation sites (tertiary alicyclic amines) is 1. The van der Waals surface area contributed by atoms with Crippen LogP contribution in [0.4, 0.5) is 0 Å². The molecule has 0 bridgehead atoms. The number of nitrogens with zero attached hydrogens (tertiary/aromatic N) is 2. The van der Waals surface area contributed by atoms with Crippen molar-refractivity contribution < 1.29 is 9.53 Å². The van der Waals surface area contributed by atoms with E-state index in [1.807, 2.05) is 36.2 Å². The van der Waals surface area contributed by atoms with Crippen LogP contribution in [-0.2, 0) is 4.74 Å². The summed E-state index contributed by atoms with van der Waals surface area (Å²) >= 11 is 3.42. The van der Waals surface area contributed by atoms with E-state index >= 15 is 0 Å². The van der Waals surface area contributed by atoms with E-state index in [4.69, 9.17) is 4.74 Å². The molecule has 1 aliphatic carbocycles. The maximum atomic E-state index is 12.8. The molecule has 0 N–H and O–H groups in total. The van der Waals surface area contributed by atoms with Crippen molar-refractivity contribution in [3.63, 3.8) is 0 Å². The number of hydrogen-bond acceptors (Lipinski definition) is 3. The predicted octanol–water partition coefficient (Wildman–Crippen LogP) is 3.16. The summed E-state index contributed by atoms with van der Waals surface area (Å²) in [5.74, 6) is 0.100. The fourth-order valence-corrected chi connectivity index (χ4v) is 4.23. The molecule has 126 valence electrons. The Morgan fingerprint density at radius 1 is 1.22 bits per heavy atom. The number of amides is 1. The fourth-order valence-electron chi connectivity index (χ4n) is 3.97. The van der Waals surface area contributed by atoms with Crippen molar-refractivity contribution in [1.82, 2.24) is 9.80 Å². The molecule has 2 fully saturated rings. The predicted molar refractivity (Wildman–Crippen MR) is 94.6 cm³/mol. The normalized spacial score (nSPS) is 28.2. The van der Waals surface area contributed by atoms with Crippen molar-refractivity contribution in [3.8, 4) is 0 Å². The van der Waals surface area contributed by atoms with Crippen LogP contribution in [0, 0.1) is 0 Å². The third kappa shape index (κ3) is 3.62. The van der Waals surface area contributed by atoms with Gasteiger partial charge in [0.15, 0.2) is 0 Å². The zero-order valence-corrected chi connectivity index (χ0v) is 15.5. The first-order valence-corrected chi connectivity index (χ1v) is 9.19. The maximum absolute atomic E-state index is 12.8. The van der Waals surface area contributed by atoms with Gasteiger partial charge < -0.3 is 9.64 Å². The maximum Gasteiger partial charge on any atom is 0.253 e. The Morgan fingerprint density at radius 2 is 1.87 bits per heavy atom. The van der Waals surface area contributed by atoms with E-state index in [0.717, 1.165) is 36.0 Å². The summed E-state index contributed by atoms with van der Waals surface area (Å²) in [6.07, 6.45) is 4.75. The quantitative estimate of drug-likeness (QED) is 0.803. The molecule has 3 atom stereocenters. The van der Waals surface area contributed by atoms with Crippen LogP contribution in [0.3, 0.4) is 0 Å². The lowest BCUT2D eigenvalue weighted by Crippen LogP contribution is -2.48. The molecule has 2 aliphatic rings. The average Bonchev–Trinajstić information content (AvgIpc) is 3.23. The van der Waals surface area contributed by atoms with Crippen molar-refractivity contribution in [2.75, 3.05) is 27.2 Å². The number of carbonyl (C=O) groups is 1. The minimum absolute atomic E-state index is 0.100. The van der Waals surface area contributed by atoms with Crippen LogP contribution in [-0.4, -0.2) is 61.1 Å². The van der Waals surface area contributed by atoms with Crippen LogP contribution in [0.25, 0.3) is 0 Å². The number of halogens is 1. The van der Waals surface area contributed by atoms with Gasteiger partial charge in [-0.2, -0.15) is 0 Å². The Morgan fingerprint density at radius 3 is 2.48 bits per heavy atom. The van der Waals surface area contributed by atoms with Gasteiger partial charge in [0.1, 0.15) is 0 Å². The number of rotatable bonds is 4. The smallest absolute Gasteiger partial charge is 0.253 e. The summed E-state index contributed by atoms with van der Waals surface area (Å²) in [6, 6.07) is 8.27. The van der Waals surface area contributed by atoms with E-state index in [0.29, 0.717) is 6.04 Å². The van der Waals surface area contributed by atoms with Gasteiger partial charge in [-0.15, -0.1) is 0 Å². The van der Waals surface area contributed by atoms with E-state index < -0.39 is 0 Å². The number of hydrogen-bond donors (Lipinski definition) is 0. The molecule has 1 saturated heterocycles. The zero-order valence-electron chi connectivity index (χ0n) is 13.9. The van der Waals surface area contributed by atoms with Gasteiger partial charge in [0.25, 0.3) is 5.91 Å². The molecule has 2 unspecified atom stereocenters. The van der Waals surface area contributed by atoms with Gasteiger partial charge in [-0.25, -0.2) is 0 Å². The Labute approximate surface area is 146 Å². The lowest BCUT2D eigenvalue weighted by molar-refractivity contribution is 0.0637. The molecular formula is C18H25BrN2O2. The Hall–Kier alpha value is -0.910. The summed E-state index contributed by atoms with van der Waals surface area (Å²) < 4.78 is 6.60. The lowest BCUT2D eigenvalue weighted by atomic mass is 10.1. The molecule has 4 nitrogen and oxygen atoms in total. The van der Waals surface area contributed by atoms with E-state index in [2.05, 4.69) is 20.8 Å². The number of ether oxygens (including phenoxy) is 1. The van der Waals surface area contributed by atoms with Crippen molar-refractivity contribution in [3.05, 3.63) is 34.3 Å². The summed E-state index contributed by atoms with van der Waals surface area (Å²) in [6.45, 7) is 2.30. The van der Waals surface area contributed by atoms with Gasteiger partial charge in [-0.3, -0.25) is 9.69 Å². The molecule has 1 aliphatic heterocycles. The average molecular weight is 381 g/mol. The Balaban J connectivity index is 1.76. The lowest BCUT2D eigenvalue weighted by Gasteiger charge is -2.34. The number of benzene rings is 1. The zero-order chi connectivity index (χ0) is 16.4. The highest BCUT2D eigenvalue weighted by molar-refractivity contribution is 9.10. The Kier molecular flexibility index (Phi) is 5.39. The van der Waals surface area contributed by atoms with Crippen LogP contribution in [0.2, 0.25) is 0 Å². The molecule has 1 aromatic rings. The fraction of sp³-hybridized carbons (Fsp3) is 0.611. The van der Waals surface area contributed by atoms with Gasteiger partial charge in [0, 0.05) is 36.3 Å². The summed E-state index contributed by atoms with van der Waals surface area (Å²) in [4.78, 5) is 17.3. The van der Waals surface area contributed by atoms with Crippen LogP contribution in [0.1, 0.15) is 36.0 Å². The number of likely N-dealkylation sites (N-methyl/N-ethyl adjacent to an activating group) is 1. The van der Waals surface area contributed by atoms with Crippen molar-refractivity contribution in [1.29, 1.82) is 0 Å². The van der Waals surface area contributed by atoms with Gasteiger partial charge in [0.2, 0.25) is 0 Å². The standard InChI is InChI=1S/C18H25BrN2O2/c1-20(18(22)13-5-7-14(19)8-6-13)16-11-15(23-2)12-17(16)21-9-3-4-10-21/h5-8,15-17H,3-4,9-12H2,1-2H3/t15-,16?,17?/m1/s1. The largest absolute Gasteiger partial charge is 0.381 e. The van der Waals surface area contributed by atoms with E-state index in [-0.39, 0.29) is 18.1 Å². The van der Waals surface area contributed by atoms with Crippen molar-refractivity contribution in [2.24, 2.45) is 0 Å². The van der Waals surface area contributed by atoms with E-state index in [1.54, 1.807) is 7.11 Å². The highest BCUT2D eigenvalue weighted by atomic mass is 79.9. The van der Waals surface area contributed by atoms with Gasteiger partial charge in [-0.1, -0.05) is 15.9 Å². The van der Waals surface area contributed by atoms with Crippen molar-refractivity contribution in [2.45, 2.75) is 43.9 Å². The van der Waals surface area contributed by atoms with Crippen LogP contribution < -0.4 is 0 Å². The first-order chi connectivity index (χ1) is 11.1. The third-order valence-electron chi connectivity index (χ3n) is 5.30. The second-order valence-electron chi connectivity index (χ2n) is 6.63. The third-order valence-corrected chi connectivity index (χ3v) is 5.83. The molecular weight excluding hydrogens is 356 g/mol. The van der Waals surface area contributed by atoms with E-state index in [9.17, 15) is 4.79 Å². The summed E-state index contributed by atoms with van der Waals surface area (Å²) in [7, 11) is 3.72. The molecule has 1 amide bonds. The van der Waals surface area contributed by atoms with Gasteiger partial charge in [0.05, 0.1) is 6.10 Å². The van der Waals surface area contributed by atoms with Crippen LogP contribution in [0.5, 0.6) is 0 Å². The second kappa shape index (κ2) is 7.32. The van der Waals surface area contributed by atoms with Gasteiger partial charge in [-0.05, 0) is 63.0 Å². The summed E-state index contributed by atoms with van der Waals surface area (Å²) in [5, 5.41) is 0. The first kappa shape index (κ1) is 16.9. The minimum atomic E-state index is 0.100. The molecule has 1 heterocycles. The number of methoxy groups -OCH3 is 1. The monoisotopic (exact) mass is 380 g/mol. The topological polar surface area (TPSA) is 32.8 Å². The molecule has 0 spiro atoms. The molecule has 0 aromatic heterocycles. The molecule has 1 saturated carbocycles. The molecule has 3 rings (SSSR count). The van der Waals surface area contributed by atoms with Crippen LogP contribution >= 0.6 is 15.9 Å². The minimum Gasteiger partial charge on any atom is -0.381 e. The van der Waals surface area contributed by atoms with E-state index in [1.165, 1.54) is 12.8 Å². The van der Waals surface area contributed by atoms with Crippen LogP contribution in [0.15, 0.2) is 28.7 Å². The summed E-state index contributed by atoms with van der Waals surface area (Å²) in [5.41, 5.74) is 0.747. The molecule has 5 heteroatoms. The highest BCUT2D eigenvalue weighted by Gasteiger charge is 2.42. The highest BCUT2D eigenvalue weighted by Crippen LogP contribution is 2.32. The van der Waals surface area contributed by atoms with Crippen molar-refractivity contribution >= 4 is 21.8 Å². The second-order valence-corrected chi connectivity index (χ2v) is 7.55. The van der Waals surface area contributed by atoms with Gasteiger partial charge >= 0.3 is 0 Å². The Bertz CT molecular complexity index is 542. The SMILES string of the molecule is CO[C@H]1CC(N2CCCC2)C(N(C)C(=O)c2ccc(Br)cc2)C1. The number of carbonyl (C=O) groups excluding carboxylic acids is 1. The first-order valence-electron chi connectivity index (χ1n) is 8.39. The molecule has 1 aromatic carbocycles. The molecule has 23 heavy (non-hydrogen) atoms.